The van der Waals surface area contributed by atoms with Crippen molar-refractivity contribution in [3.63, 3.8) is 0 Å². The third kappa shape index (κ3) is 2.01. The van der Waals surface area contributed by atoms with Gasteiger partial charge in [-0.1, -0.05) is 6.92 Å². The van der Waals surface area contributed by atoms with E-state index < -0.39 is 0 Å². The molecule has 0 saturated carbocycles. The third-order valence-electron chi connectivity index (χ3n) is 1.54. The summed E-state index contributed by atoms with van der Waals surface area (Å²) in [4.78, 5) is 4.24. The highest BCUT2D eigenvalue weighted by Gasteiger charge is 1.98. The largest absolute Gasteiger partial charge is 0.326 e. The van der Waals surface area contributed by atoms with Crippen LogP contribution < -0.4 is 5.73 Å². The quantitative estimate of drug-likeness (QED) is 0.817. The highest BCUT2D eigenvalue weighted by molar-refractivity contribution is 9.10. The van der Waals surface area contributed by atoms with E-state index in [4.69, 9.17) is 5.73 Å². The first-order valence-corrected chi connectivity index (χ1v) is 4.40. The monoisotopic (exact) mass is 214 g/mol. The molecule has 0 unspecified atom stereocenters. The molecule has 0 aliphatic heterocycles. The Morgan fingerprint density at radius 3 is 2.82 bits per heavy atom. The smallest absolute Gasteiger partial charge is 0.0542 e. The van der Waals surface area contributed by atoms with Gasteiger partial charge in [-0.25, -0.2) is 0 Å². The first-order chi connectivity index (χ1) is 5.27. The Labute approximate surface area is 75.0 Å². The predicted octanol–water partition coefficient (Wildman–Crippen LogP) is 1.87. The van der Waals surface area contributed by atoms with Crippen molar-refractivity contribution in [1.82, 2.24) is 4.98 Å². The van der Waals surface area contributed by atoms with Crippen LogP contribution in [0.15, 0.2) is 16.7 Å². The molecular weight excluding hydrogens is 204 g/mol. The second-order valence-electron chi connectivity index (χ2n) is 2.33. The van der Waals surface area contributed by atoms with Crippen molar-refractivity contribution in [1.29, 1.82) is 0 Å². The number of nitrogens with two attached hydrogens (primary N) is 1. The van der Waals surface area contributed by atoms with Gasteiger partial charge >= 0.3 is 0 Å². The number of pyridine rings is 1. The summed E-state index contributed by atoms with van der Waals surface area (Å²) in [5, 5.41) is 0. The second kappa shape index (κ2) is 3.83. The van der Waals surface area contributed by atoms with Crippen molar-refractivity contribution < 1.29 is 0 Å². The summed E-state index contributed by atoms with van der Waals surface area (Å²) in [6.45, 7) is 2.63. The maximum absolute atomic E-state index is 5.45. The maximum Gasteiger partial charge on any atom is 0.0542 e. The van der Waals surface area contributed by atoms with Crippen LogP contribution in [0.2, 0.25) is 0 Å². The van der Waals surface area contributed by atoms with E-state index in [0.29, 0.717) is 6.54 Å². The Morgan fingerprint density at radius 1 is 1.64 bits per heavy atom. The van der Waals surface area contributed by atoms with E-state index in [-0.39, 0.29) is 0 Å². The molecule has 0 spiro atoms. The van der Waals surface area contributed by atoms with Crippen LogP contribution in [-0.2, 0) is 13.0 Å². The summed E-state index contributed by atoms with van der Waals surface area (Å²) >= 11 is 3.43. The van der Waals surface area contributed by atoms with Gasteiger partial charge in [0.05, 0.1) is 5.69 Å². The molecule has 0 bridgehead atoms. The van der Waals surface area contributed by atoms with Gasteiger partial charge in [-0.2, -0.15) is 0 Å². The molecule has 2 N–H and O–H groups in total. The summed E-state index contributed by atoms with van der Waals surface area (Å²) in [7, 11) is 0. The van der Waals surface area contributed by atoms with Crippen molar-refractivity contribution in [2.75, 3.05) is 0 Å². The normalized spacial score (nSPS) is 10.1. The summed E-state index contributed by atoms with van der Waals surface area (Å²) in [5.41, 5.74) is 7.60. The van der Waals surface area contributed by atoms with Crippen LogP contribution in [0.25, 0.3) is 0 Å². The summed E-state index contributed by atoms with van der Waals surface area (Å²) < 4.78 is 1.06. The maximum atomic E-state index is 5.45. The average Bonchev–Trinajstić information content (AvgIpc) is 2.04. The van der Waals surface area contributed by atoms with Gasteiger partial charge in [0.25, 0.3) is 0 Å². The van der Waals surface area contributed by atoms with Crippen molar-refractivity contribution in [3.8, 4) is 0 Å². The van der Waals surface area contributed by atoms with Gasteiger partial charge in [0, 0.05) is 17.2 Å². The fraction of sp³-hybridized carbons (Fsp3) is 0.375. The molecule has 0 atom stereocenters. The van der Waals surface area contributed by atoms with E-state index in [1.807, 2.05) is 12.3 Å². The molecule has 1 aromatic rings. The van der Waals surface area contributed by atoms with Crippen molar-refractivity contribution >= 4 is 15.9 Å². The topological polar surface area (TPSA) is 38.9 Å². The second-order valence-corrected chi connectivity index (χ2v) is 3.18. The Hall–Kier alpha value is -0.410. The van der Waals surface area contributed by atoms with Gasteiger partial charge in [0.1, 0.15) is 0 Å². The highest BCUT2D eigenvalue weighted by Crippen LogP contribution is 2.15. The van der Waals surface area contributed by atoms with Crippen LogP contribution in [0.1, 0.15) is 18.2 Å². The molecule has 0 aliphatic carbocycles. The fourth-order valence-electron chi connectivity index (χ4n) is 0.878. The lowest BCUT2D eigenvalue weighted by atomic mass is 10.2. The average molecular weight is 215 g/mol. The number of aromatic nitrogens is 1. The van der Waals surface area contributed by atoms with Crippen molar-refractivity contribution in [2.45, 2.75) is 19.9 Å². The van der Waals surface area contributed by atoms with Crippen LogP contribution in [0, 0.1) is 0 Å². The lowest BCUT2D eigenvalue weighted by molar-refractivity contribution is 0.978. The molecule has 60 valence electrons. The van der Waals surface area contributed by atoms with Crippen LogP contribution in [-0.4, -0.2) is 4.98 Å². The van der Waals surface area contributed by atoms with Crippen LogP contribution >= 0.6 is 15.9 Å². The first kappa shape index (κ1) is 8.68. The lowest BCUT2D eigenvalue weighted by Crippen LogP contribution is -1.98. The zero-order valence-corrected chi connectivity index (χ0v) is 8.06. The Kier molecular flexibility index (Phi) is 3.02. The number of rotatable bonds is 2. The number of hydrogen-bond donors (Lipinski definition) is 1. The summed E-state index contributed by atoms with van der Waals surface area (Å²) in [6.07, 6.45) is 2.77. The summed E-state index contributed by atoms with van der Waals surface area (Å²) in [5.74, 6) is 0. The van der Waals surface area contributed by atoms with Crippen LogP contribution in [0.3, 0.4) is 0 Å². The van der Waals surface area contributed by atoms with Crippen LogP contribution in [0.5, 0.6) is 0 Å². The zero-order valence-electron chi connectivity index (χ0n) is 6.47. The van der Waals surface area contributed by atoms with Crippen molar-refractivity contribution in [3.05, 3.63) is 28.0 Å². The Morgan fingerprint density at radius 2 is 2.36 bits per heavy atom. The standard InChI is InChI=1S/C8H11BrN2/c1-2-8-7(9)3-6(4-10)5-11-8/h3,5H,2,4,10H2,1H3. The minimum Gasteiger partial charge on any atom is -0.326 e. The van der Waals surface area contributed by atoms with E-state index in [9.17, 15) is 0 Å². The molecule has 1 heterocycles. The number of aryl methyl sites for hydroxylation is 1. The lowest BCUT2D eigenvalue weighted by Gasteiger charge is -2.01. The highest BCUT2D eigenvalue weighted by atomic mass is 79.9. The summed E-state index contributed by atoms with van der Waals surface area (Å²) in [6, 6.07) is 2.02. The van der Waals surface area contributed by atoms with E-state index in [2.05, 4.69) is 27.8 Å². The Bertz CT molecular complexity index is 248. The minimum atomic E-state index is 0.551. The molecule has 0 amide bonds. The van der Waals surface area contributed by atoms with Gasteiger partial charge in [0.15, 0.2) is 0 Å². The molecule has 0 saturated heterocycles. The van der Waals surface area contributed by atoms with Gasteiger partial charge in [-0.15, -0.1) is 0 Å². The SMILES string of the molecule is CCc1ncc(CN)cc1Br. The molecule has 0 aromatic carbocycles. The Balaban J connectivity index is 2.99. The molecule has 0 aliphatic rings. The molecular formula is C8H11BrN2. The molecule has 3 heteroatoms. The van der Waals surface area contributed by atoms with E-state index in [1.54, 1.807) is 0 Å². The molecule has 0 fully saturated rings. The molecule has 11 heavy (non-hydrogen) atoms. The third-order valence-corrected chi connectivity index (χ3v) is 2.23. The minimum absolute atomic E-state index is 0.551. The van der Waals surface area contributed by atoms with Gasteiger partial charge in [0.2, 0.25) is 0 Å². The van der Waals surface area contributed by atoms with Crippen molar-refractivity contribution in [2.24, 2.45) is 5.73 Å². The molecule has 1 rings (SSSR count). The predicted molar refractivity (Wildman–Crippen MR) is 49.2 cm³/mol. The van der Waals surface area contributed by atoms with Gasteiger partial charge in [-0.05, 0) is 34.0 Å². The zero-order chi connectivity index (χ0) is 8.27. The molecule has 1 aromatic heterocycles. The fourth-order valence-corrected chi connectivity index (χ4v) is 1.55. The van der Waals surface area contributed by atoms with Crippen LogP contribution in [0.4, 0.5) is 0 Å². The number of nitrogens with zero attached hydrogens (tertiary/aromatic N) is 1. The van der Waals surface area contributed by atoms with E-state index >= 15 is 0 Å². The molecule has 2 nitrogen and oxygen atoms in total. The number of hydrogen-bond acceptors (Lipinski definition) is 2. The number of halogens is 1. The van der Waals surface area contributed by atoms with Gasteiger partial charge in [-0.3, -0.25) is 4.98 Å². The van der Waals surface area contributed by atoms with E-state index in [0.717, 1.165) is 22.2 Å². The van der Waals surface area contributed by atoms with E-state index in [1.165, 1.54) is 0 Å². The first-order valence-electron chi connectivity index (χ1n) is 3.61. The molecule has 0 radical (unpaired) electrons. The van der Waals surface area contributed by atoms with Gasteiger partial charge < -0.3 is 5.73 Å².